The van der Waals surface area contributed by atoms with Gasteiger partial charge in [0.1, 0.15) is 17.0 Å². The maximum Gasteiger partial charge on any atom is 0.150 e. The minimum Gasteiger partial charge on any atom is -0.369 e. The average molecular weight is 337 g/mol. The van der Waals surface area contributed by atoms with Crippen LogP contribution in [0.3, 0.4) is 0 Å². The van der Waals surface area contributed by atoms with Crippen LogP contribution in [0, 0.1) is 5.92 Å². The fourth-order valence-electron chi connectivity index (χ4n) is 3.50. The average Bonchev–Trinajstić information content (AvgIpc) is 3.05. The number of aromatic nitrogens is 2. The smallest absolute Gasteiger partial charge is 0.150 e. The fourth-order valence-corrected chi connectivity index (χ4v) is 6.59. The van der Waals surface area contributed by atoms with Gasteiger partial charge in [0.2, 0.25) is 0 Å². The number of anilines is 1. The van der Waals surface area contributed by atoms with E-state index in [0.717, 1.165) is 29.9 Å². The van der Waals surface area contributed by atoms with Gasteiger partial charge in [-0.3, -0.25) is 0 Å². The molecule has 118 valence electrons. The second kappa shape index (κ2) is 5.45. The first-order valence-electron chi connectivity index (χ1n) is 7.82. The van der Waals surface area contributed by atoms with Gasteiger partial charge >= 0.3 is 0 Å². The maximum atomic E-state index is 11.6. The van der Waals surface area contributed by atoms with Crippen molar-refractivity contribution in [2.45, 2.75) is 32.1 Å². The monoisotopic (exact) mass is 337 g/mol. The SMILES string of the molecule is O=S1(=O)CCC(CNc2ncnc3sc4c(c23)CCCC4)C1. The Morgan fingerprint density at radius 3 is 2.95 bits per heavy atom. The molecule has 1 aliphatic carbocycles. The van der Waals surface area contributed by atoms with E-state index in [-0.39, 0.29) is 5.92 Å². The summed E-state index contributed by atoms with van der Waals surface area (Å²) in [5, 5.41) is 4.56. The zero-order valence-corrected chi connectivity index (χ0v) is 14.0. The molecule has 0 bridgehead atoms. The second-order valence-corrected chi connectivity index (χ2v) is 9.58. The summed E-state index contributed by atoms with van der Waals surface area (Å²) in [7, 11) is -2.82. The van der Waals surface area contributed by atoms with E-state index >= 15 is 0 Å². The van der Waals surface area contributed by atoms with Crippen molar-refractivity contribution in [2.24, 2.45) is 5.92 Å². The van der Waals surface area contributed by atoms with Crippen LogP contribution in [-0.4, -0.2) is 36.4 Å². The van der Waals surface area contributed by atoms with Gasteiger partial charge in [-0.25, -0.2) is 18.4 Å². The van der Waals surface area contributed by atoms with Crippen LogP contribution in [0.2, 0.25) is 0 Å². The van der Waals surface area contributed by atoms with E-state index < -0.39 is 9.84 Å². The molecular formula is C15H19N3O2S2. The van der Waals surface area contributed by atoms with Crippen molar-refractivity contribution >= 4 is 37.2 Å². The van der Waals surface area contributed by atoms with Gasteiger partial charge in [0.05, 0.1) is 16.9 Å². The summed E-state index contributed by atoms with van der Waals surface area (Å²) in [5.41, 5.74) is 1.41. The summed E-state index contributed by atoms with van der Waals surface area (Å²) in [6.07, 6.45) is 7.11. The molecule has 5 nitrogen and oxygen atoms in total. The molecular weight excluding hydrogens is 318 g/mol. The highest BCUT2D eigenvalue weighted by Crippen LogP contribution is 2.38. The van der Waals surface area contributed by atoms with Crippen molar-refractivity contribution in [2.75, 3.05) is 23.4 Å². The van der Waals surface area contributed by atoms with Crippen molar-refractivity contribution in [3.8, 4) is 0 Å². The number of hydrogen-bond donors (Lipinski definition) is 1. The van der Waals surface area contributed by atoms with E-state index in [0.29, 0.717) is 18.1 Å². The van der Waals surface area contributed by atoms with Crippen molar-refractivity contribution in [1.29, 1.82) is 0 Å². The summed E-state index contributed by atoms with van der Waals surface area (Å²) >= 11 is 1.78. The van der Waals surface area contributed by atoms with Crippen LogP contribution in [0.4, 0.5) is 5.82 Å². The molecule has 7 heteroatoms. The second-order valence-electron chi connectivity index (χ2n) is 6.26. The summed E-state index contributed by atoms with van der Waals surface area (Å²) in [6.45, 7) is 0.677. The number of thiophene rings is 1. The van der Waals surface area contributed by atoms with Gasteiger partial charge in [0, 0.05) is 11.4 Å². The molecule has 0 aromatic carbocycles. The number of aryl methyl sites for hydroxylation is 2. The Morgan fingerprint density at radius 2 is 2.14 bits per heavy atom. The molecule has 1 atom stereocenters. The van der Waals surface area contributed by atoms with Crippen LogP contribution < -0.4 is 5.32 Å². The van der Waals surface area contributed by atoms with Gasteiger partial charge in [0.15, 0.2) is 9.84 Å². The van der Waals surface area contributed by atoms with Crippen LogP contribution in [0.5, 0.6) is 0 Å². The summed E-state index contributed by atoms with van der Waals surface area (Å²) in [5.74, 6) is 1.71. The topological polar surface area (TPSA) is 72.0 Å². The lowest BCUT2D eigenvalue weighted by atomic mass is 9.97. The largest absolute Gasteiger partial charge is 0.369 e. The number of hydrogen-bond acceptors (Lipinski definition) is 6. The third-order valence-electron chi connectivity index (χ3n) is 4.64. The van der Waals surface area contributed by atoms with Crippen molar-refractivity contribution in [3.63, 3.8) is 0 Å². The summed E-state index contributed by atoms with van der Waals surface area (Å²) in [4.78, 5) is 11.4. The number of rotatable bonds is 3. The maximum absolute atomic E-state index is 11.6. The third-order valence-corrected chi connectivity index (χ3v) is 7.67. The van der Waals surface area contributed by atoms with Crippen LogP contribution in [0.15, 0.2) is 6.33 Å². The predicted octanol–water partition coefficient (Wildman–Crippen LogP) is 2.42. The molecule has 0 radical (unpaired) electrons. The molecule has 1 unspecified atom stereocenters. The van der Waals surface area contributed by atoms with Gasteiger partial charge in [0.25, 0.3) is 0 Å². The molecule has 3 heterocycles. The lowest BCUT2D eigenvalue weighted by molar-refractivity contribution is 0.596. The zero-order chi connectivity index (χ0) is 15.2. The zero-order valence-electron chi connectivity index (χ0n) is 12.3. The third kappa shape index (κ3) is 2.60. The van der Waals surface area contributed by atoms with E-state index in [2.05, 4.69) is 15.3 Å². The Kier molecular flexibility index (Phi) is 3.57. The number of nitrogens with one attached hydrogen (secondary N) is 1. The van der Waals surface area contributed by atoms with Gasteiger partial charge in [-0.15, -0.1) is 11.3 Å². The molecule has 2 aromatic rings. The molecule has 2 aromatic heterocycles. The van der Waals surface area contributed by atoms with Gasteiger partial charge < -0.3 is 5.32 Å². The molecule has 1 saturated heterocycles. The first-order chi connectivity index (χ1) is 10.6. The number of nitrogens with zero attached hydrogens (tertiary/aromatic N) is 2. The van der Waals surface area contributed by atoms with Gasteiger partial charge in [-0.2, -0.15) is 0 Å². The van der Waals surface area contributed by atoms with E-state index in [1.165, 1.54) is 28.7 Å². The standard InChI is InChI=1S/C15H19N3O2S2/c19-22(20)6-5-10(8-22)7-16-14-13-11-3-1-2-4-12(11)21-15(13)18-9-17-14/h9-10H,1-8H2,(H,16,17,18). The number of sulfone groups is 1. The molecule has 2 aliphatic rings. The summed E-state index contributed by atoms with van der Waals surface area (Å²) in [6, 6.07) is 0. The molecule has 0 spiro atoms. The molecule has 1 fully saturated rings. The molecule has 22 heavy (non-hydrogen) atoms. The lowest BCUT2D eigenvalue weighted by Gasteiger charge is -2.14. The highest BCUT2D eigenvalue weighted by Gasteiger charge is 2.28. The lowest BCUT2D eigenvalue weighted by Crippen LogP contribution is -2.16. The Morgan fingerprint density at radius 1 is 1.27 bits per heavy atom. The first kappa shape index (κ1) is 14.4. The normalized spacial score (nSPS) is 23.5. The van der Waals surface area contributed by atoms with E-state index in [4.69, 9.17) is 0 Å². The summed E-state index contributed by atoms with van der Waals surface area (Å²) < 4.78 is 23.1. The first-order valence-corrected chi connectivity index (χ1v) is 10.5. The quantitative estimate of drug-likeness (QED) is 0.931. The highest BCUT2D eigenvalue weighted by molar-refractivity contribution is 7.91. The van der Waals surface area contributed by atoms with E-state index in [9.17, 15) is 8.42 Å². The molecule has 1 aliphatic heterocycles. The van der Waals surface area contributed by atoms with E-state index in [1.54, 1.807) is 17.7 Å². The number of fused-ring (bicyclic) bond motifs is 3. The minimum atomic E-state index is -2.82. The van der Waals surface area contributed by atoms with E-state index in [1.807, 2.05) is 0 Å². The molecule has 1 N–H and O–H groups in total. The Labute approximate surface area is 134 Å². The Balaban J connectivity index is 1.60. The van der Waals surface area contributed by atoms with Gasteiger partial charge in [-0.05, 0) is 43.6 Å². The van der Waals surface area contributed by atoms with Crippen molar-refractivity contribution in [3.05, 3.63) is 16.8 Å². The van der Waals surface area contributed by atoms with Crippen LogP contribution in [0.25, 0.3) is 10.2 Å². The van der Waals surface area contributed by atoms with Crippen molar-refractivity contribution in [1.82, 2.24) is 9.97 Å². The van der Waals surface area contributed by atoms with Gasteiger partial charge in [-0.1, -0.05) is 0 Å². The molecule has 4 rings (SSSR count). The Bertz CT molecular complexity index is 814. The van der Waals surface area contributed by atoms with Crippen LogP contribution in [-0.2, 0) is 22.7 Å². The molecule has 0 saturated carbocycles. The molecule has 0 amide bonds. The van der Waals surface area contributed by atoms with Crippen molar-refractivity contribution < 1.29 is 8.42 Å². The predicted molar refractivity (Wildman–Crippen MR) is 89.3 cm³/mol. The fraction of sp³-hybridized carbons (Fsp3) is 0.600. The van der Waals surface area contributed by atoms with Crippen LogP contribution >= 0.6 is 11.3 Å². The van der Waals surface area contributed by atoms with Crippen LogP contribution in [0.1, 0.15) is 29.7 Å². The minimum absolute atomic E-state index is 0.199. The Hall–Kier alpha value is -1.21. The highest BCUT2D eigenvalue weighted by atomic mass is 32.2.